The minimum absolute atomic E-state index is 0.132. The first-order valence-corrected chi connectivity index (χ1v) is 7.60. The van der Waals surface area contributed by atoms with Crippen molar-refractivity contribution >= 4 is 11.9 Å². The number of carboxylic acids is 1. The van der Waals surface area contributed by atoms with Crippen LogP contribution in [0.3, 0.4) is 0 Å². The normalized spacial score (nSPS) is 24.4. The first-order valence-electron chi connectivity index (χ1n) is 7.60. The Hall–Kier alpha value is -1.10. The van der Waals surface area contributed by atoms with Crippen LogP contribution in [0.1, 0.15) is 53.4 Å². The minimum atomic E-state index is -1.02. The van der Waals surface area contributed by atoms with Gasteiger partial charge in [0.15, 0.2) is 0 Å². The molecule has 1 amide bonds. The fraction of sp³-hybridized carbons (Fsp3) is 0.867. The second-order valence-electron chi connectivity index (χ2n) is 5.99. The number of rotatable bonds is 5. The van der Waals surface area contributed by atoms with E-state index < -0.39 is 11.5 Å². The molecule has 0 aliphatic carbocycles. The van der Waals surface area contributed by atoms with Gasteiger partial charge in [0.2, 0.25) is 5.91 Å². The molecule has 0 bridgehead atoms. The van der Waals surface area contributed by atoms with E-state index in [0.29, 0.717) is 25.4 Å². The molecule has 1 unspecified atom stereocenters. The number of aliphatic carboxylic acids is 1. The average molecular weight is 284 g/mol. The average Bonchev–Trinajstić information content (AvgIpc) is 2.59. The van der Waals surface area contributed by atoms with Crippen molar-refractivity contribution < 1.29 is 14.7 Å². The van der Waals surface area contributed by atoms with Gasteiger partial charge >= 0.3 is 5.97 Å². The fourth-order valence-corrected chi connectivity index (χ4v) is 3.15. The molecule has 0 aromatic heterocycles. The molecule has 1 saturated heterocycles. The monoisotopic (exact) mass is 284 g/mol. The van der Waals surface area contributed by atoms with Gasteiger partial charge < -0.3 is 14.9 Å². The zero-order chi connectivity index (χ0) is 15.3. The van der Waals surface area contributed by atoms with E-state index in [4.69, 9.17) is 0 Å². The van der Waals surface area contributed by atoms with Crippen LogP contribution >= 0.6 is 0 Å². The van der Waals surface area contributed by atoms with E-state index in [2.05, 4.69) is 18.7 Å². The molecule has 20 heavy (non-hydrogen) atoms. The Morgan fingerprint density at radius 1 is 1.30 bits per heavy atom. The van der Waals surface area contributed by atoms with Crippen molar-refractivity contribution in [1.29, 1.82) is 0 Å². The Balaban J connectivity index is 3.02. The number of carbonyl (C=O) groups is 2. The molecule has 1 rings (SSSR count). The Morgan fingerprint density at radius 2 is 1.95 bits per heavy atom. The molecule has 1 N–H and O–H groups in total. The summed E-state index contributed by atoms with van der Waals surface area (Å²) in [5.41, 5.74) is -1.02. The smallest absolute Gasteiger partial charge is 0.329 e. The van der Waals surface area contributed by atoms with Gasteiger partial charge in [-0.25, -0.2) is 4.79 Å². The highest BCUT2D eigenvalue weighted by Crippen LogP contribution is 2.30. The summed E-state index contributed by atoms with van der Waals surface area (Å²) in [5, 5.41) is 9.77. The molecule has 1 heterocycles. The topological polar surface area (TPSA) is 60.9 Å². The molecule has 5 heteroatoms. The van der Waals surface area contributed by atoms with Crippen molar-refractivity contribution in [2.45, 2.75) is 65.0 Å². The second kappa shape index (κ2) is 7.07. The Kier molecular flexibility index (Phi) is 5.99. The maximum Gasteiger partial charge on any atom is 0.329 e. The first-order chi connectivity index (χ1) is 9.35. The molecule has 5 nitrogen and oxygen atoms in total. The molecule has 0 radical (unpaired) electrons. The summed E-state index contributed by atoms with van der Waals surface area (Å²) in [6.07, 6.45) is 2.66. The predicted octanol–water partition coefficient (Wildman–Crippen LogP) is 1.96. The second-order valence-corrected chi connectivity index (χ2v) is 5.99. The van der Waals surface area contributed by atoms with Crippen LogP contribution in [0.5, 0.6) is 0 Å². The number of nitrogens with zero attached hydrogens (tertiary/aromatic N) is 2. The van der Waals surface area contributed by atoms with E-state index in [1.165, 1.54) is 6.92 Å². The lowest BCUT2D eigenvalue weighted by molar-refractivity contribution is -0.159. The Bertz CT molecular complexity index is 357. The summed E-state index contributed by atoms with van der Waals surface area (Å²) in [7, 11) is 0. The van der Waals surface area contributed by atoms with Crippen LogP contribution in [-0.2, 0) is 9.59 Å². The highest BCUT2D eigenvalue weighted by atomic mass is 16.4. The van der Waals surface area contributed by atoms with Crippen LogP contribution in [-0.4, -0.2) is 58.0 Å². The lowest BCUT2D eigenvalue weighted by atomic mass is 9.88. The molecular weight excluding hydrogens is 256 g/mol. The van der Waals surface area contributed by atoms with Gasteiger partial charge in [-0.2, -0.15) is 0 Å². The Morgan fingerprint density at radius 3 is 2.40 bits per heavy atom. The van der Waals surface area contributed by atoms with Gasteiger partial charge in [0, 0.05) is 26.1 Å². The van der Waals surface area contributed by atoms with Gasteiger partial charge in [-0.05, 0) is 46.1 Å². The van der Waals surface area contributed by atoms with Gasteiger partial charge in [0.05, 0.1) is 0 Å². The predicted molar refractivity (Wildman–Crippen MR) is 78.6 cm³/mol. The lowest BCUT2D eigenvalue weighted by Crippen LogP contribution is -2.57. The minimum Gasteiger partial charge on any atom is -0.479 e. The van der Waals surface area contributed by atoms with E-state index in [1.807, 2.05) is 6.92 Å². The number of hydrogen-bond acceptors (Lipinski definition) is 3. The van der Waals surface area contributed by atoms with Crippen LogP contribution in [0.2, 0.25) is 0 Å². The lowest BCUT2D eigenvalue weighted by Gasteiger charge is -2.40. The SMILES string of the molecule is CCCN(C(C)=O)C1(C(=O)O)CCCN(C(C)C)CC1. The zero-order valence-corrected chi connectivity index (χ0v) is 13.2. The number of carboxylic acid groups (broad SMARTS) is 1. The molecular formula is C15H28N2O3. The quantitative estimate of drug-likeness (QED) is 0.838. The summed E-state index contributed by atoms with van der Waals surface area (Å²) >= 11 is 0. The maximum absolute atomic E-state index is 11.9. The molecule has 0 saturated carbocycles. The first kappa shape index (κ1) is 17.0. The van der Waals surface area contributed by atoms with Gasteiger partial charge in [0.1, 0.15) is 5.54 Å². The zero-order valence-electron chi connectivity index (χ0n) is 13.2. The van der Waals surface area contributed by atoms with E-state index >= 15 is 0 Å². The summed E-state index contributed by atoms with van der Waals surface area (Å²) in [4.78, 5) is 27.7. The van der Waals surface area contributed by atoms with E-state index in [-0.39, 0.29) is 5.91 Å². The fourth-order valence-electron chi connectivity index (χ4n) is 3.15. The van der Waals surface area contributed by atoms with Crippen molar-refractivity contribution in [3.8, 4) is 0 Å². The van der Waals surface area contributed by atoms with Gasteiger partial charge in [-0.15, -0.1) is 0 Å². The number of hydrogen-bond donors (Lipinski definition) is 1. The Labute approximate surface area is 121 Å². The van der Waals surface area contributed by atoms with Crippen molar-refractivity contribution in [3.63, 3.8) is 0 Å². The molecule has 0 aromatic carbocycles. The number of carbonyl (C=O) groups excluding carboxylic acids is 1. The van der Waals surface area contributed by atoms with Gasteiger partial charge in [-0.1, -0.05) is 6.92 Å². The third-order valence-corrected chi connectivity index (χ3v) is 4.32. The van der Waals surface area contributed by atoms with Crippen molar-refractivity contribution in [1.82, 2.24) is 9.80 Å². The van der Waals surface area contributed by atoms with Crippen LogP contribution in [0, 0.1) is 0 Å². The summed E-state index contributed by atoms with van der Waals surface area (Å²) in [5.74, 6) is -0.987. The number of amides is 1. The summed E-state index contributed by atoms with van der Waals surface area (Å²) in [6, 6.07) is 0.413. The third kappa shape index (κ3) is 3.51. The van der Waals surface area contributed by atoms with Crippen molar-refractivity contribution in [3.05, 3.63) is 0 Å². The van der Waals surface area contributed by atoms with E-state index in [0.717, 1.165) is 25.9 Å². The molecule has 1 fully saturated rings. The maximum atomic E-state index is 11.9. The number of likely N-dealkylation sites (tertiary alicyclic amines) is 1. The standard InChI is InChI=1S/C15H28N2O3/c1-5-9-17(13(4)18)15(14(19)20)7-6-10-16(11-8-15)12(2)3/h12H,5-11H2,1-4H3,(H,19,20). The summed E-state index contributed by atoms with van der Waals surface area (Å²) in [6.45, 7) is 9.87. The molecule has 0 spiro atoms. The molecule has 1 aliphatic rings. The molecule has 1 aliphatic heterocycles. The van der Waals surface area contributed by atoms with Crippen LogP contribution in [0.25, 0.3) is 0 Å². The van der Waals surface area contributed by atoms with Crippen LogP contribution in [0.15, 0.2) is 0 Å². The van der Waals surface area contributed by atoms with Gasteiger partial charge in [0.25, 0.3) is 0 Å². The van der Waals surface area contributed by atoms with Crippen molar-refractivity contribution in [2.75, 3.05) is 19.6 Å². The summed E-state index contributed by atoms with van der Waals surface area (Å²) < 4.78 is 0. The highest BCUT2D eigenvalue weighted by Gasteiger charge is 2.46. The van der Waals surface area contributed by atoms with Gasteiger partial charge in [-0.3, -0.25) is 4.79 Å². The van der Waals surface area contributed by atoms with Crippen LogP contribution in [0.4, 0.5) is 0 Å². The molecule has 0 aromatic rings. The van der Waals surface area contributed by atoms with Crippen LogP contribution < -0.4 is 0 Å². The molecule has 1 atom stereocenters. The van der Waals surface area contributed by atoms with Crippen molar-refractivity contribution in [2.24, 2.45) is 0 Å². The van der Waals surface area contributed by atoms with E-state index in [1.54, 1.807) is 4.90 Å². The largest absolute Gasteiger partial charge is 0.479 e. The third-order valence-electron chi connectivity index (χ3n) is 4.32. The highest BCUT2D eigenvalue weighted by molar-refractivity contribution is 5.86. The van der Waals surface area contributed by atoms with E-state index in [9.17, 15) is 14.7 Å². The molecule has 116 valence electrons.